The second kappa shape index (κ2) is 9.87. The molecule has 2 N–H and O–H groups in total. The summed E-state index contributed by atoms with van der Waals surface area (Å²) in [6.07, 6.45) is 8.85. The molecule has 186 valence electrons. The topological polar surface area (TPSA) is 95.4 Å². The zero-order chi connectivity index (χ0) is 24.4. The summed E-state index contributed by atoms with van der Waals surface area (Å²) >= 11 is 0. The van der Waals surface area contributed by atoms with Crippen LogP contribution < -0.4 is 15.5 Å². The first-order valence-corrected chi connectivity index (χ1v) is 14.0. The van der Waals surface area contributed by atoms with Gasteiger partial charge in [-0.1, -0.05) is 0 Å². The highest BCUT2D eigenvalue weighted by Gasteiger charge is 2.22. The molecular formula is C25H33N7O2S. The molecule has 35 heavy (non-hydrogen) atoms. The second-order valence-corrected chi connectivity index (χ2v) is 11.3. The Labute approximate surface area is 206 Å². The predicted octanol–water partition coefficient (Wildman–Crippen LogP) is 3.30. The molecule has 1 aliphatic heterocycles. The van der Waals surface area contributed by atoms with E-state index < -0.39 is 10.0 Å². The standard InChI is InChI=1S/C25H33N7O2S/c1-30(35(2,33)34)23-6-4-3-5-20(23)18-32-14-11-19-17-27-25(29-24(19)32)28-21-7-9-22(10-8-21)31-15-12-26-13-16-31/h7-11,14,17,26H,3-6,12-13,15-16,18H2,1-2H3,(H,27,28,29). The average molecular weight is 496 g/mol. The first-order valence-electron chi connectivity index (χ1n) is 12.2. The number of fused-ring (bicyclic) bond motifs is 1. The highest BCUT2D eigenvalue weighted by Crippen LogP contribution is 2.30. The molecule has 0 bridgehead atoms. The number of sulfonamides is 1. The molecule has 1 saturated heterocycles. The van der Waals surface area contributed by atoms with Crippen molar-refractivity contribution in [1.82, 2.24) is 24.2 Å². The molecule has 0 spiro atoms. The molecule has 9 nitrogen and oxygen atoms in total. The van der Waals surface area contributed by atoms with Crippen molar-refractivity contribution in [1.29, 1.82) is 0 Å². The van der Waals surface area contributed by atoms with Crippen LogP contribution in [0.25, 0.3) is 11.0 Å². The van der Waals surface area contributed by atoms with Crippen LogP contribution in [0.1, 0.15) is 25.7 Å². The fraction of sp³-hybridized carbons (Fsp3) is 0.440. The van der Waals surface area contributed by atoms with E-state index in [0.717, 1.165) is 79.9 Å². The minimum atomic E-state index is -3.28. The Hall–Kier alpha value is -3.11. The SMILES string of the molecule is CN(C1=C(Cn2ccc3cnc(Nc4ccc(N5CCNCC5)cc4)nc32)CCCC1)S(C)(=O)=O. The maximum atomic E-state index is 12.2. The van der Waals surface area contributed by atoms with E-state index in [1.807, 2.05) is 18.5 Å². The molecule has 0 amide bonds. The number of benzene rings is 1. The third kappa shape index (κ3) is 5.28. The summed E-state index contributed by atoms with van der Waals surface area (Å²) in [7, 11) is -1.63. The summed E-state index contributed by atoms with van der Waals surface area (Å²) < 4.78 is 27.9. The lowest BCUT2D eigenvalue weighted by Gasteiger charge is -2.29. The largest absolute Gasteiger partial charge is 0.369 e. The van der Waals surface area contributed by atoms with Gasteiger partial charge in [0.1, 0.15) is 5.65 Å². The maximum Gasteiger partial charge on any atom is 0.231 e. The van der Waals surface area contributed by atoms with E-state index in [1.165, 1.54) is 16.2 Å². The summed E-state index contributed by atoms with van der Waals surface area (Å²) in [5.41, 5.74) is 5.06. The van der Waals surface area contributed by atoms with Crippen molar-refractivity contribution in [3.8, 4) is 0 Å². The van der Waals surface area contributed by atoms with Crippen molar-refractivity contribution < 1.29 is 8.42 Å². The van der Waals surface area contributed by atoms with Gasteiger partial charge in [0.15, 0.2) is 0 Å². The number of piperazine rings is 1. The van der Waals surface area contributed by atoms with Gasteiger partial charge < -0.3 is 20.1 Å². The van der Waals surface area contributed by atoms with Crippen LogP contribution in [0, 0.1) is 0 Å². The molecule has 10 heteroatoms. The Bertz CT molecular complexity index is 1330. The predicted molar refractivity (Wildman–Crippen MR) is 140 cm³/mol. The van der Waals surface area contributed by atoms with E-state index in [0.29, 0.717) is 12.5 Å². The third-order valence-corrected chi connectivity index (χ3v) is 8.11. The smallest absolute Gasteiger partial charge is 0.231 e. The number of rotatable bonds is 7. The molecule has 0 radical (unpaired) electrons. The van der Waals surface area contributed by atoms with Gasteiger partial charge in [-0.25, -0.2) is 13.4 Å². The van der Waals surface area contributed by atoms with Crippen LogP contribution in [0.5, 0.6) is 0 Å². The van der Waals surface area contributed by atoms with Gasteiger partial charge in [-0.05, 0) is 61.6 Å². The molecule has 1 fully saturated rings. The van der Waals surface area contributed by atoms with E-state index in [4.69, 9.17) is 4.98 Å². The summed E-state index contributed by atoms with van der Waals surface area (Å²) in [4.78, 5) is 11.7. The van der Waals surface area contributed by atoms with Crippen LogP contribution in [0.4, 0.5) is 17.3 Å². The third-order valence-electron chi connectivity index (χ3n) is 6.90. The van der Waals surface area contributed by atoms with Gasteiger partial charge in [0.25, 0.3) is 0 Å². The van der Waals surface area contributed by atoms with Gasteiger partial charge in [-0.15, -0.1) is 0 Å². The lowest BCUT2D eigenvalue weighted by molar-refractivity contribution is 0.484. The van der Waals surface area contributed by atoms with Crippen LogP contribution in [0.3, 0.4) is 0 Å². The van der Waals surface area contributed by atoms with Crippen molar-refractivity contribution in [3.63, 3.8) is 0 Å². The highest BCUT2D eigenvalue weighted by molar-refractivity contribution is 7.88. The molecule has 5 rings (SSSR count). The number of nitrogens with one attached hydrogen (secondary N) is 2. The zero-order valence-electron chi connectivity index (χ0n) is 20.4. The minimum absolute atomic E-state index is 0.540. The molecule has 1 aliphatic carbocycles. The quantitative estimate of drug-likeness (QED) is 0.519. The Kier molecular flexibility index (Phi) is 6.66. The van der Waals surface area contributed by atoms with Gasteiger partial charge in [0.05, 0.1) is 6.26 Å². The summed E-state index contributed by atoms with van der Waals surface area (Å²) in [6.45, 7) is 4.67. The molecule has 2 aromatic heterocycles. The Morgan fingerprint density at radius 1 is 1.09 bits per heavy atom. The first-order chi connectivity index (χ1) is 16.9. The normalized spacial score (nSPS) is 17.1. The molecule has 3 heterocycles. The van der Waals surface area contributed by atoms with Crippen molar-refractivity contribution >= 4 is 38.4 Å². The van der Waals surface area contributed by atoms with Gasteiger partial charge >= 0.3 is 0 Å². The molecule has 3 aromatic rings. The lowest BCUT2D eigenvalue weighted by atomic mass is 9.96. The minimum Gasteiger partial charge on any atom is -0.369 e. The second-order valence-electron chi connectivity index (χ2n) is 9.31. The number of hydrogen-bond donors (Lipinski definition) is 2. The lowest BCUT2D eigenvalue weighted by Crippen LogP contribution is -2.43. The highest BCUT2D eigenvalue weighted by atomic mass is 32.2. The van der Waals surface area contributed by atoms with Crippen molar-refractivity contribution in [2.24, 2.45) is 0 Å². The first kappa shape index (κ1) is 23.6. The number of nitrogens with zero attached hydrogens (tertiary/aromatic N) is 5. The molecule has 1 aromatic carbocycles. The number of hydrogen-bond acceptors (Lipinski definition) is 7. The van der Waals surface area contributed by atoms with Crippen LogP contribution in [-0.4, -0.2) is 66.7 Å². The molecule has 2 aliphatic rings. The zero-order valence-corrected chi connectivity index (χ0v) is 21.2. The van der Waals surface area contributed by atoms with E-state index in [-0.39, 0.29) is 0 Å². The van der Waals surface area contributed by atoms with Gasteiger partial charge in [-0.3, -0.25) is 4.31 Å². The van der Waals surface area contributed by atoms with Crippen LogP contribution in [0.15, 0.2) is 54.0 Å². The number of anilines is 3. The average Bonchev–Trinajstić information content (AvgIpc) is 3.26. The van der Waals surface area contributed by atoms with Crippen LogP contribution >= 0.6 is 0 Å². The molecule has 0 saturated carbocycles. The summed E-state index contributed by atoms with van der Waals surface area (Å²) in [6, 6.07) is 10.4. The fourth-order valence-corrected chi connectivity index (χ4v) is 5.49. The molecule has 0 atom stereocenters. The van der Waals surface area contributed by atoms with E-state index in [1.54, 1.807) is 7.05 Å². The Morgan fingerprint density at radius 2 is 1.83 bits per heavy atom. The van der Waals surface area contributed by atoms with E-state index >= 15 is 0 Å². The van der Waals surface area contributed by atoms with E-state index in [9.17, 15) is 8.42 Å². The fourth-order valence-electron chi connectivity index (χ4n) is 4.87. The van der Waals surface area contributed by atoms with Crippen LogP contribution in [-0.2, 0) is 16.6 Å². The number of allylic oxidation sites excluding steroid dienone is 2. The summed E-state index contributed by atoms with van der Waals surface area (Å²) in [5.74, 6) is 0.540. The molecular weight excluding hydrogens is 462 g/mol. The van der Waals surface area contributed by atoms with E-state index in [2.05, 4.69) is 49.4 Å². The van der Waals surface area contributed by atoms with Gasteiger partial charge in [0.2, 0.25) is 16.0 Å². The maximum absolute atomic E-state index is 12.2. The number of aromatic nitrogens is 3. The monoisotopic (exact) mass is 495 g/mol. The Morgan fingerprint density at radius 3 is 2.57 bits per heavy atom. The summed E-state index contributed by atoms with van der Waals surface area (Å²) in [5, 5.41) is 7.67. The van der Waals surface area contributed by atoms with Crippen molar-refractivity contribution in [2.45, 2.75) is 32.2 Å². The van der Waals surface area contributed by atoms with Crippen molar-refractivity contribution in [3.05, 3.63) is 54.0 Å². The molecule has 0 unspecified atom stereocenters. The van der Waals surface area contributed by atoms with Gasteiger partial charge in [-0.2, -0.15) is 4.98 Å². The Balaban J connectivity index is 1.36. The van der Waals surface area contributed by atoms with Crippen molar-refractivity contribution in [2.75, 3.05) is 49.7 Å². The van der Waals surface area contributed by atoms with Gasteiger partial charge in [0, 0.05) is 74.6 Å². The van der Waals surface area contributed by atoms with Crippen LogP contribution in [0.2, 0.25) is 0 Å².